The number of hydrogen-bond donors (Lipinski definition) is 0. The Labute approximate surface area is 149 Å². The zero-order chi connectivity index (χ0) is 17.6. The fourth-order valence-corrected chi connectivity index (χ4v) is 6.84. The van der Waals surface area contributed by atoms with E-state index in [1.165, 1.54) is 42.3 Å². The van der Waals surface area contributed by atoms with Gasteiger partial charge in [-0.1, -0.05) is 39.5 Å². The zero-order valence-electron chi connectivity index (χ0n) is 14.6. The second-order valence-electron chi connectivity index (χ2n) is 5.74. The van der Waals surface area contributed by atoms with Crippen LogP contribution in [-0.2, 0) is 25.8 Å². The van der Waals surface area contributed by atoms with E-state index in [0.717, 1.165) is 25.0 Å². The first-order valence-electron chi connectivity index (χ1n) is 8.56. The van der Waals surface area contributed by atoms with E-state index in [4.69, 9.17) is 0 Å². The van der Waals surface area contributed by atoms with E-state index in [-0.39, 0.29) is 5.75 Å². The lowest BCUT2D eigenvalue weighted by Gasteiger charge is -2.12. The molecule has 0 aliphatic carbocycles. The van der Waals surface area contributed by atoms with Gasteiger partial charge in [0.25, 0.3) is 0 Å². The molecule has 0 amide bonds. The summed E-state index contributed by atoms with van der Waals surface area (Å²) in [6.45, 7) is 4.05. The first kappa shape index (κ1) is 23.3. The van der Waals surface area contributed by atoms with Gasteiger partial charge in [0.1, 0.15) is 11.5 Å². The van der Waals surface area contributed by atoms with Crippen LogP contribution >= 0.6 is 11.8 Å². The highest BCUT2D eigenvalue weighted by Gasteiger charge is 2.24. The van der Waals surface area contributed by atoms with Gasteiger partial charge in [-0.3, -0.25) is 4.79 Å². The summed E-state index contributed by atoms with van der Waals surface area (Å²) in [4.78, 5) is 11.7. The van der Waals surface area contributed by atoms with Crippen molar-refractivity contribution in [2.45, 2.75) is 58.8 Å². The molecule has 1 rings (SSSR count). The molecular weight excluding hydrogens is 352 g/mol. The van der Waals surface area contributed by atoms with Gasteiger partial charge in [-0.2, -0.15) is 11.8 Å². The van der Waals surface area contributed by atoms with Crippen molar-refractivity contribution in [3.05, 3.63) is 0 Å². The average Bonchev–Trinajstić information content (AvgIpc) is 2.50. The molecule has 1 fully saturated rings. The molecule has 0 saturated carbocycles. The molecule has 0 atom stereocenters. The summed E-state index contributed by atoms with van der Waals surface area (Å²) in [6.07, 6.45) is 6.99. The first-order valence-corrected chi connectivity index (χ1v) is 13.0. The van der Waals surface area contributed by atoms with Crippen LogP contribution in [0.15, 0.2) is 0 Å². The van der Waals surface area contributed by atoms with Crippen LogP contribution < -0.4 is 0 Å². The van der Waals surface area contributed by atoms with E-state index in [9.17, 15) is 17.8 Å². The molecule has 0 spiro atoms. The SMILES string of the molecule is CCCCCCC(=O)C[S+]1CCSCC1.CCCCS(=O)(=O)[O-]. The quantitative estimate of drug-likeness (QED) is 0.328. The minimum Gasteiger partial charge on any atom is -0.748 e. The third kappa shape index (κ3) is 16.9. The third-order valence-electron chi connectivity index (χ3n) is 3.45. The van der Waals surface area contributed by atoms with Gasteiger partial charge >= 0.3 is 0 Å². The lowest BCUT2D eigenvalue weighted by molar-refractivity contribution is -0.116. The Balaban J connectivity index is 0.000000515. The maximum Gasteiger partial charge on any atom is 0.181 e. The monoisotopic (exact) mass is 384 g/mol. The molecule has 1 aliphatic heterocycles. The Bertz CT molecular complexity index is 390. The van der Waals surface area contributed by atoms with E-state index in [1.807, 2.05) is 18.7 Å². The summed E-state index contributed by atoms with van der Waals surface area (Å²) in [5.41, 5.74) is 0. The number of unbranched alkanes of at least 4 members (excludes halogenated alkanes) is 4. The van der Waals surface area contributed by atoms with Crippen molar-refractivity contribution < 1.29 is 17.8 Å². The lowest BCUT2D eigenvalue weighted by Crippen LogP contribution is -2.27. The molecule has 7 heteroatoms. The van der Waals surface area contributed by atoms with E-state index >= 15 is 0 Å². The fraction of sp³-hybridized carbons (Fsp3) is 0.938. The maximum absolute atomic E-state index is 11.7. The van der Waals surface area contributed by atoms with Crippen molar-refractivity contribution in [1.29, 1.82) is 0 Å². The van der Waals surface area contributed by atoms with Crippen LogP contribution in [0.3, 0.4) is 0 Å². The Morgan fingerprint density at radius 1 is 1.04 bits per heavy atom. The van der Waals surface area contributed by atoms with Crippen LogP contribution in [0, 0.1) is 0 Å². The fourth-order valence-electron chi connectivity index (χ4n) is 2.07. The van der Waals surface area contributed by atoms with Crippen LogP contribution in [0.25, 0.3) is 0 Å². The molecular formula is C16H32O4S3. The second kappa shape index (κ2) is 14.6. The second-order valence-corrected chi connectivity index (χ2v) is 10.8. The molecule has 0 aromatic heterocycles. The van der Waals surface area contributed by atoms with E-state index in [0.29, 0.717) is 23.1 Å². The number of ketones is 1. The highest BCUT2D eigenvalue weighted by molar-refractivity contribution is 8.05. The number of rotatable bonds is 10. The van der Waals surface area contributed by atoms with Gasteiger partial charge in [0, 0.05) is 23.7 Å². The molecule has 0 radical (unpaired) electrons. The predicted octanol–water partition coefficient (Wildman–Crippen LogP) is 3.22. The van der Waals surface area contributed by atoms with Gasteiger partial charge in [0.05, 0.1) is 10.1 Å². The highest BCUT2D eigenvalue weighted by atomic mass is 32.2. The van der Waals surface area contributed by atoms with Crippen LogP contribution in [0.4, 0.5) is 0 Å². The Hall–Kier alpha value is 0.280. The first-order chi connectivity index (χ1) is 10.9. The number of thioether (sulfide) groups is 1. The van der Waals surface area contributed by atoms with Crippen LogP contribution in [0.2, 0.25) is 0 Å². The van der Waals surface area contributed by atoms with Crippen LogP contribution in [0.5, 0.6) is 0 Å². The Morgan fingerprint density at radius 3 is 2.13 bits per heavy atom. The molecule has 1 aliphatic rings. The van der Waals surface area contributed by atoms with E-state index in [1.54, 1.807) is 0 Å². The Kier molecular flexibility index (Phi) is 14.8. The average molecular weight is 385 g/mol. The third-order valence-corrected chi connectivity index (χ3v) is 8.04. The molecule has 23 heavy (non-hydrogen) atoms. The smallest absolute Gasteiger partial charge is 0.181 e. The van der Waals surface area contributed by atoms with E-state index in [2.05, 4.69) is 6.92 Å². The molecule has 0 bridgehead atoms. The van der Waals surface area contributed by atoms with Gasteiger partial charge in [0.15, 0.2) is 11.5 Å². The van der Waals surface area contributed by atoms with Crippen LogP contribution in [-0.4, -0.2) is 53.3 Å². The standard InChI is InChI=1S/C12H23OS2.C4H10O3S/c1-2-3-4-5-6-12(13)11-15-9-7-14-8-10-15;1-2-3-4-8(5,6)7/h2-11H2,1H3;2-4H2,1H3,(H,5,6,7)/q+1;/p-1. The van der Waals surface area contributed by atoms with Gasteiger partial charge in [-0.25, -0.2) is 8.42 Å². The number of hydrogen-bond acceptors (Lipinski definition) is 5. The van der Waals surface area contributed by atoms with Gasteiger partial charge < -0.3 is 4.55 Å². The molecule has 0 aromatic carbocycles. The molecule has 4 nitrogen and oxygen atoms in total. The number of carbonyl (C=O) groups excluding carboxylic acids is 1. The van der Waals surface area contributed by atoms with Gasteiger partial charge in [0.2, 0.25) is 0 Å². The van der Waals surface area contributed by atoms with Gasteiger partial charge in [-0.15, -0.1) is 0 Å². The van der Waals surface area contributed by atoms with Crippen molar-refractivity contribution in [2.24, 2.45) is 0 Å². The summed E-state index contributed by atoms with van der Waals surface area (Å²) < 4.78 is 29.5. The lowest BCUT2D eigenvalue weighted by atomic mass is 10.1. The molecule has 0 unspecified atom stereocenters. The molecule has 138 valence electrons. The summed E-state index contributed by atoms with van der Waals surface area (Å²) in [5, 5.41) is 0. The highest BCUT2D eigenvalue weighted by Crippen LogP contribution is 2.14. The summed E-state index contributed by atoms with van der Waals surface area (Å²) in [5.74, 6) is 6.37. The Morgan fingerprint density at radius 2 is 1.65 bits per heavy atom. The number of Topliss-reactive ketones (excluding diaryl/α,β-unsaturated/α-hetero) is 1. The summed E-state index contributed by atoms with van der Waals surface area (Å²) >= 11 is 2.05. The van der Waals surface area contributed by atoms with E-state index < -0.39 is 10.1 Å². The molecule has 0 aromatic rings. The topological polar surface area (TPSA) is 74.3 Å². The van der Waals surface area contributed by atoms with Gasteiger partial charge in [-0.05, 0) is 23.7 Å². The van der Waals surface area contributed by atoms with Crippen molar-refractivity contribution in [2.75, 3.05) is 34.5 Å². The molecule has 1 saturated heterocycles. The normalized spacial score (nSPS) is 15.8. The minimum absolute atomic E-state index is 0.219. The number of carbonyl (C=O) groups is 1. The van der Waals surface area contributed by atoms with Crippen molar-refractivity contribution in [3.63, 3.8) is 0 Å². The van der Waals surface area contributed by atoms with Crippen molar-refractivity contribution >= 4 is 38.6 Å². The molecule has 0 N–H and O–H groups in total. The predicted molar refractivity (Wildman–Crippen MR) is 103 cm³/mol. The summed E-state index contributed by atoms with van der Waals surface area (Å²) in [7, 11) is -3.49. The largest absolute Gasteiger partial charge is 0.748 e. The zero-order valence-corrected chi connectivity index (χ0v) is 17.0. The molecule has 1 heterocycles. The minimum atomic E-state index is -3.94. The van der Waals surface area contributed by atoms with Crippen molar-refractivity contribution in [3.8, 4) is 0 Å². The van der Waals surface area contributed by atoms with Crippen molar-refractivity contribution in [1.82, 2.24) is 0 Å². The summed E-state index contributed by atoms with van der Waals surface area (Å²) in [6, 6.07) is 0. The maximum atomic E-state index is 11.7. The van der Waals surface area contributed by atoms with Crippen LogP contribution in [0.1, 0.15) is 58.8 Å².